The molecule has 3 N–H and O–H groups in total. The first-order valence-electron chi connectivity index (χ1n) is 12.2. The Bertz CT molecular complexity index is 1160. The Balaban J connectivity index is 1.34. The number of piperidine rings is 1. The summed E-state index contributed by atoms with van der Waals surface area (Å²) in [5.74, 6) is 1.58. The number of fused-ring (bicyclic) bond motifs is 1. The Morgan fingerprint density at radius 3 is 2.53 bits per heavy atom. The van der Waals surface area contributed by atoms with E-state index in [0.29, 0.717) is 31.1 Å². The third-order valence-corrected chi connectivity index (χ3v) is 6.71. The first-order valence-corrected chi connectivity index (χ1v) is 12.2. The number of aromatic nitrogens is 4. The van der Waals surface area contributed by atoms with Crippen molar-refractivity contribution in [3.8, 4) is 11.4 Å². The average molecular weight is 463 g/mol. The van der Waals surface area contributed by atoms with Gasteiger partial charge in [-0.1, -0.05) is 0 Å². The van der Waals surface area contributed by atoms with Crippen LogP contribution in [0.1, 0.15) is 31.7 Å². The van der Waals surface area contributed by atoms with Crippen LogP contribution in [0, 0.1) is 0 Å². The Morgan fingerprint density at radius 1 is 1.03 bits per heavy atom. The number of rotatable bonds is 5. The molecule has 6 rings (SSSR count). The van der Waals surface area contributed by atoms with E-state index in [-0.39, 0.29) is 6.03 Å². The van der Waals surface area contributed by atoms with E-state index in [9.17, 15) is 4.79 Å². The van der Waals surface area contributed by atoms with Crippen molar-refractivity contribution in [2.45, 2.75) is 37.8 Å². The molecule has 10 nitrogen and oxygen atoms in total. The molecule has 3 fully saturated rings. The van der Waals surface area contributed by atoms with E-state index in [2.05, 4.69) is 25.5 Å². The zero-order valence-corrected chi connectivity index (χ0v) is 19.2. The van der Waals surface area contributed by atoms with Gasteiger partial charge in [0.05, 0.1) is 30.8 Å². The summed E-state index contributed by atoms with van der Waals surface area (Å²) in [4.78, 5) is 24.3. The molecule has 3 aromatic rings. The van der Waals surface area contributed by atoms with E-state index < -0.39 is 0 Å². The zero-order chi connectivity index (χ0) is 22.9. The van der Waals surface area contributed by atoms with Gasteiger partial charge in [0.2, 0.25) is 0 Å². The summed E-state index contributed by atoms with van der Waals surface area (Å²) in [7, 11) is 0. The summed E-state index contributed by atoms with van der Waals surface area (Å²) >= 11 is 0. The fourth-order valence-electron chi connectivity index (χ4n) is 4.66. The second kappa shape index (κ2) is 9.19. The number of urea groups is 1. The molecule has 2 aromatic heterocycles. The molecule has 1 aromatic carbocycles. The SMILES string of the molecule is O=C(Nc1ccc(-c2nc(N3CCOCC3)c3cnn(C4CCNCC4)c3n2)cc1)NC1CC1. The van der Waals surface area contributed by atoms with Gasteiger partial charge >= 0.3 is 6.03 Å². The van der Waals surface area contributed by atoms with Gasteiger partial charge in [0.15, 0.2) is 11.5 Å². The standard InChI is InChI=1S/C24H30N8O2/c33-24(28-18-5-6-18)27-17-3-1-16(2-4-17)21-29-22(31-11-13-34-14-12-31)20-15-26-32(23(20)30-21)19-7-9-25-10-8-19/h1-4,15,18-19,25H,5-14H2,(H2,27,28,33). The minimum absolute atomic E-state index is 0.159. The number of hydrogen-bond acceptors (Lipinski definition) is 7. The highest BCUT2D eigenvalue weighted by molar-refractivity contribution is 5.91. The monoisotopic (exact) mass is 462 g/mol. The molecule has 2 aliphatic heterocycles. The van der Waals surface area contributed by atoms with Gasteiger partial charge in [-0.3, -0.25) is 0 Å². The van der Waals surface area contributed by atoms with Crippen molar-refractivity contribution in [1.82, 2.24) is 30.4 Å². The summed E-state index contributed by atoms with van der Waals surface area (Å²) in [5.41, 5.74) is 2.53. The fraction of sp³-hybridized carbons (Fsp3) is 0.500. The first kappa shape index (κ1) is 21.3. The predicted octanol–water partition coefficient (Wildman–Crippen LogP) is 2.54. The van der Waals surface area contributed by atoms with Gasteiger partial charge in [-0.2, -0.15) is 5.10 Å². The van der Waals surface area contributed by atoms with Crippen molar-refractivity contribution in [3.05, 3.63) is 30.5 Å². The molecule has 178 valence electrons. The van der Waals surface area contributed by atoms with Crippen molar-refractivity contribution >= 4 is 28.6 Å². The lowest BCUT2D eigenvalue weighted by atomic mass is 10.1. The van der Waals surface area contributed by atoms with E-state index in [1.165, 1.54) is 0 Å². The number of benzene rings is 1. The molecule has 1 aliphatic carbocycles. The molecular weight excluding hydrogens is 432 g/mol. The third-order valence-electron chi connectivity index (χ3n) is 6.71. The molecule has 4 heterocycles. The zero-order valence-electron chi connectivity index (χ0n) is 19.2. The summed E-state index contributed by atoms with van der Waals surface area (Å²) in [6.07, 6.45) is 6.10. The molecule has 10 heteroatoms. The highest BCUT2D eigenvalue weighted by Crippen LogP contribution is 2.31. The van der Waals surface area contributed by atoms with E-state index in [0.717, 1.165) is 80.0 Å². The summed E-state index contributed by atoms with van der Waals surface area (Å²) in [6.45, 7) is 4.94. The second-order valence-corrected chi connectivity index (χ2v) is 9.23. The van der Waals surface area contributed by atoms with Crippen LogP contribution in [0.3, 0.4) is 0 Å². The lowest BCUT2D eigenvalue weighted by molar-refractivity contribution is 0.122. The van der Waals surface area contributed by atoms with Gasteiger partial charge in [0.25, 0.3) is 0 Å². The highest BCUT2D eigenvalue weighted by Gasteiger charge is 2.25. The highest BCUT2D eigenvalue weighted by atomic mass is 16.5. The van der Waals surface area contributed by atoms with Gasteiger partial charge in [-0.05, 0) is 63.0 Å². The van der Waals surface area contributed by atoms with E-state index in [1.54, 1.807) is 0 Å². The van der Waals surface area contributed by atoms with Crippen LogP contribution in [-0.2, 0) is 4.74 Å². The van der Waals surface area contributed by atoms with Crippen molar-refractivity contribution < 1.29 is 9.53 Å². The molecular formula is C24H30N8O2. The lowest BCUT2D eigenvalue weighted by Crippen LogP contribution is -2.37. The van der Waals surface area contributed by atoms with Crippen molar-refractivity contribution in [3.63, 3.8) is 0 Å². The Morgan fingerprint density at radius 2 is 1.79 bits per heavy atom. The minimum Gasteiger partial charge on any atom is -0.378 e. The van der Waals surface area contributed by atoms with Crippen molar-refractivity contribution in [2.75, 3.05) is 49.6 Å². The first-order chi connectivity index (χ1) is 16.7. The van der Waals surface area contributed by atoms with Crippen LogP contribution in [-0.4, -0.2) is 71.2 Å². The number of amides is 2. The number of morpholine rings is 1. The number of hydrogen-bond donors (Lipinski definition) is 3. The molecule has 1 saturated carbocycles. The summed E-state index contributed by atoms with van der Waals surface area (Å²) in [6, 6.07) is 8.21. The van der Waals surface area contributed by atoms with Crippen LogP contribution >= 0.6 is 0 Å². The maximum atomic E-state index is 12.1. The van der Waals surface area contributed by atoms with E-state index in [1.807, 2.05) is 30.5 Å². The third kappa shape index (κ3) is 4.43. The summed E-state index contributed by atoms with van der Waals surface area (Å²) in [5, 5.41) is 15.0. The van der Waals surface area contributed by atoms with Gasteiger partial charge in [0.1, 0.15) is 5.82 Å². The molecule has 0 atom stereocenters. The summed E-state index contributed by atoms with van der Waals surface area (Å²) < 4.78 is 7.66. The van der Waals surface area contributed by atoms with Gasteiger partial charge in [-0.15, -0.1) is 0 Å². The van der Waals surface area contributed by atoms with Crippen LogP contribution in [0.25, 0.3) is 22.4 Å². The molecule has 0 spiro atoms. The van der Waals surface area contributed by atoms with Crippen molar-refractivity contribution in [1.29, 1.82) is 0 Å². The predicted molar refractivity (Wildman–Crippen MR) is 130 cm³/mol. The van der Waals surface area contributed by atoms with E-state index >= 15 is 0 Å². The average Bonchev–Trinajstić information content (AvgIpc) is 3.59. The van der Waals surface area contributed by atoms with Crippen LogP contribution in [0.2, 0.25) is 0 Å². The van der Waals surface area contributed by atoms with Crippen molar-refractivity contribution in [2.24, 2.45) is 0 Å². The van der Waals surface area contributed by atoms with Gasteiger partial charge in [-0.25, -0.2) is 19.4 Å². The number of nitrogens with zero attached hydrogens (tertiary/aromatic N) is 5. The number of carbonyl (C=O) groups is 1. The second-order valence-electron chi connectivity index (χ2n) is 9.23. The van der Waals surface area contributed by atoms with Gasteiger partial charge in [0, 0.05) is 30.4 Å². The maximum Gasteiger partial charge on any atom is 0.319 e. The Hall–Kier alpha value is -3.24. The Labute approximate surface area is 198 Å². The maximum absolute atomic E-state index is 12.1. The topological polar surface area (TPSA) is 109 Å². The molecule has 0 unspecified atom stereocenters. The minimum atomic E-state index is -0.159. The molecule has 0 radical (unpaired) electrons. The smallest absolute Gasteiger partial charge is 0.319 e. The van der Waals surface area contributed by atoms with Gasteiger partial charge < -0.3 is 25.6 Å². The lowest BCUT2D eigenvalue weighted by Gasteiger charge is -2.28. The molecule has 3 aliphatic rings. The fourth-order valence-corrected chi connectivity index (χ4v) is 4.66. The number of ether oxygens (including phenoxy) is 1. The van der Waals surface area contributed by atoms with Crippen LogP contribution < -0.4 is 20.9 Å². The van der Waals surface area contributed by atoms with Crippen LogP contribution in [0.15, 0.2) is 30.5 Å². The Kier molecular flexibility index (Phi) is 5.76. The molecule has 2 amide bonds. The number of anilines is 2. The molecule has 0 bridgehead atoms. The number of carbonyl (C=O) groups excluding carboxylic acids is 1. The quantitative estimate of drug-likeness (QED) is 0.535. The van der Waals surface area contributed by atoms with Crippen LogP contribution in [0.4, 0.5) is 16.3 Å². The largest absolute Gasteiger partial charge is 0.378 e. The van der Waals surface area contributed by atoms with E-state index in [4.69, 9.17) is 19.8 Å². The molecule has 2 saturated heterocycles. The molecule has 34 heavy (non-hydrogen) atoms. The normalized spacial score (nSPS) is 19.4. The number of nitrogens with one attached hydrogen (secondary N) is 3. The van der Waals surface area contributed by atoms with Crippen LogP contribution in [0.5, 0.6) is 0 Å².